The fraction of sp³-hybridized carbons (Fsp3) is 0.833. The minimum Gasteiger partial charge on any atom is -0.480 e. The molecule has 3 atom stereocenters. The van der Waals surface area contributed by atoms with Gasteiger partial charge in [-0.25, -0.2) is 9.59 Å². The fourth-order valence-electron chi connectivity index (χ4n) is 2.27. The monoisotopic (exact) mass is 242 g/mol. The van der Waals surface area contributed by atoms with Crippen LogP contribution >= 0.6 is 0 Å². The number of amides is 2. The number of carbonyl (C=O) groups excluding carboxylic acids is 1. The van der Waals surface area contributed by atoms with E-state index >= 15 is 0 Å². The normalized spacial score (nSPS) is 25.3. The SMILES string of the molecule is CCC[C@@H](NC(=O)NC1CCCC1C)C(=O)O. The van der Waals surface area contributed by atoms with Gasteiger partial charge in [-0.3, -0.25) is 0 Å². The molecule has 98 valence electrons. The summed E-state index contributed by atoms with van der Waals surface area (Å²) in [5.41, 5.74) is 0. The van der Waals surface area contributed by atoms with Crippen LogP contribution in [0, 0.1) is 5.92 Å². The molecule has 0 radical (unpaired) electrons. The number of aliphatic carboxylic acids is 1. The molecule has 1 rings (SSSR count). The smallest absolute Gasteiger partial charge is 0.326 e. The number of carboxylic acid groups (broad SMARTS) is 1. The number of nitrogens with one attached hydrogen (secondary N) is 2. The van der Waals surface area contributed by atoms with Crippen molar-refractivity contribution in [1.29, 1.82) is 0 Å². The molecule has 1 fully saturated rings. The largest absolute Gasteiger partial charge is 0.480 e. The highest BCUT2D eigenvalue weighted by atomic mass is 16.4. The van der Waals surface area contributed by atoms with Crippen LogP contribution in [0.15, 0.2) is 0 Å². The lowest BCUT2D eigenvalue weighted by Crippen LogP contribution is -2.49. The Labute approximate surface area is 102 Å². The summed E-state index contributed by atoms with van der Waals surface area (Å²) in [5, 5.41) is 14.3. The van der Waals surface area contributed by atoms with Gasteiger partial charge < -0.3 is 15.7 Å². The highest BCUT2D eigenvalue weighted by molar-refractivity contribution is 5.82. The predicted octanol–water partition coefficient (Wildman–Crippen LogP) is 1.73. The van der Waals surface area contributed by atoms with Gasteiger partial charge in [0.05, 0.1) is 0 Å². The second kappa shape index (κ2) is 6.47. The Morgan fingerprint density at radius 1 is 1.41 bits per heavy atom. The zero-order valence-corrected chi connectivity index (χ0v) is 10.5. The molecule has 0 spiro atoms. The van der Waals surface area contributed by atoms with E-state index in [2.05, 4.69) is 17.6 Å². The topological polar surface area (TPSA) is 78.4 Å². The average molecular weight is 242 g/mol. The van der Waals surface area contributed by atoms with Gasteiger partial charge in [-0.2, -0.15) is 0 Å². The van der Waals surface area contributed by atoms with Crippen molar-refractivity contribution in [1.82, 2.24) is 10.6 Å². The summed E-state index contributed by atoms with van der Waals surface area (Å²) in [6, 6.07) is -0.951. The molecule has 2 amide bonds. The fourth-order valence-corrected chi connectivity index (χ4v) is 2.27. The molecule has 0 bridgehead atoms. The van der Waals surface area contributed by atoms with Crippen molar-refractivity contribution in [3.05, 3.63) is 0 Å². The lowest BCUT2D eigenvalue weighted by Gasteiger charge is -2.20. The first-order valence-electron chi connectivity index (χ1n) is 6.34. The summed E-state index contributed by atoms with van der Waals surface area (Å²) in [7, 11) is 0. The van der Waals surface area contributed by atoms with E-state index in [1.54, 1.807) is 0 Å². The van der Waals surface area contributed by atoms with Crippen LogP contribution in [0.2, 0.25) is 0 Å². The number of rotatable bonds is 5. The van der Waals surface area contributed by atoms with Crippen molar-refractivity contribution >= 4 is 12.0 Å². The van der Waals surface area contributed by atoms with Gasteiger partial charge in [0.15, 0.2) is 0 Å². The molecule has 1 aliphatic rings. The summed E-state index contributed by atoms with van der Waals surface area (Å²) in [6.45, 7) is 4.01. The summed E-state index contributed by atoms with van der Waals surface area (Å²) in [6.07, 6.45) is 4.44. The lowest BCUT2D eigenvalue weighted by molar-refractivity contribution is -0.139. The molecule has 3 N–H and O–H groups in total. The van der Waals surface area contributed by atoms with E-state index in [1.807, 2.05) is 6.92 Å². The summed E-state index contributed by atoms with van der Waals surface area (Å²) < 4.78 is 0. The van der Waals surface area contributed by atoms with Crippen molar-refractivity contribution in [2.75, 3.05) is 0 Å². The van der Waals surface area contributed by atoms with Gasteiger partial charge in [0.1, 0.15) is 6.04 Å². The number of urea groups is 1. The van der Waals surface area contributed by atoms with E-state index < -0.39 is 12.0 Å². The van der Waals surface area contributed by atoms with E-state index in [-0.39, 0.29) is 12.1 Å². The molecule has 5 heteroatoms. The second-order valence-corrected chi connectivity index (χ2v) is 4.81. The molecule has 0 aliphatic heterocycles. The molecular formula is C12H22N2O3. The molecule has 0 aromatic rings. The van der Waals surface area contributed by atoms with Crippen LogP contribution in [0.5, 0.6) is 0 Å². The summed E-state index contributed by atoms with van der Waals surface area (Å²) in [5.74, 6) is -0.489. The molecular weight excluding hydrogens is 220 g/mol. The Balaban J connectivity index is 2.39. The number of carbonyl (C=O) groups is 2. The number of hydrogen-bond acceptors (Lipinski definition) is 2. The molecule has 5 nitrogen and oxygen atoms in total. The molecule has 1 aliphatic carbocycles. The zero-order valence-electron chi connectivity index (χ0n) is 10.5. The first kappa shape index (κ1) is 13.8. The third-order valence-corrected chi connectivity index (χ3v) is 3.36. The van der Waals surface area contributed by atoms with Gasteiger partial charge >= 0.3 is 12.0 Å². The Kier molecular flexibility index (Phi) is 5.25. The summed E-state index contributed by atoms with van der Waals surface area (Å²) >= 11 is 0. The van der Waals surface area contributed by atoms with Crippen molar-refractivity contribution in [2.45, 2.75) is 58.0 Å². The van der Waals surface area contributed by atoms with Crippen molar-refractivity contribution in [2.24, 2.45) is 5.92 Å². The number of carboxylic acids is 1. The third kappa shape index (κ3) is 4.24. The maximum atomic E-state index is 11.6. The highest BCUT2D eigenvalue weighted by Gasteiger charge is 2.26. The Hall–Kier alpha value is -1.26. The standard InChI is InChI=1S/C12H22N2O3/c1-3-5-10(11(15)16)14-12(17)13-9-7-4-6-8(9)2/h8-10H,3-7H2,1-2H3,(H,15,16)(H2,13,14,17)/t8?,9?,10-/m1/s1. The van der Waals surface area contributed by atoms with Gasteiger partial charge in [-0.15, -0.1) is 0 Å². The van der Waals surface area contributed by atoms with Gasteiger partial charge in [0.25, 0.3) is 0 Å². The molecule has 0 aromatic heterocycles. The maximum Gasteiger partial charge on any atom is 0.326 e. The van der Waals surface area contributed by atoms with Crippen molar-refractivity contribution in [3.63, 3.8) is 0 Å². The van der Waals surface area contributed by atoms with Crippen LogP contribution < -0.4 is 10.6 Å². The van der Waals surface area contributed by atoms with Gasteiger partial charge in [0, 0.05) is 6.04 Å². The highest BCUT2D eigenvalue weighted by Crippen LogP contribution is 2.24. The number of hydrogen-bond donors (Lipinski definition) is 3. The van der Waals surface area contributed by atoms with Crippen molar-refractivity contribution in [3.8, 4) is 0 Å². The van der Waals surface area contributed by atoms with Crippen LogP contribution in [-0.4, -0.2) is 29.2 Å². The van der Waals surface area contributed by atoms with Crippen LogP contribution in [0.3, 0.4) is 0 Å². The van der Waals surface area contributed by atoms with Crippen LogP contribution in [0.1, 0.15) is 46.0 Å². The van der Waals surface area contributed by atoms with Gasteiger partial charge in [-0.05, 0) is 25.2 Å². The maximum absolute atomic E-state index is 11.6. The van der Waals surface area contributed by atoms with Gasteiger partial charge in [0.2, 0.25) is 0 Å². The molecule has 2 unspecified atom stereocenters. The molecule has 1 saturated carbocycles. The van der Waals surface area contributed by atoms with Crippen LogP contribution in [-0.2, 0) is 4.79 Å². The first-order chi connectivity index (χ1) is 8.04. The lowest BCUT2D eigenvalue weighted by atomic mass is 10.1. The van der Waals surface area contributed by atoms with E-state index in [9.17, 15) is 9.59 Å². The Bertz CT molecular complexity index is 281. The second-order valence-electron chi connectivity index (χ2n) is 4.81. The van der Waals surface area contributed by atoms with Crippen LogP contribution in [0.4, 0.5) is 4.79 Å². The van der Waals surface area contributed by atoms with Crippen LogP contribution in [0.25, 0.3) is 0 Å². The molecule has 17 heavy (non-hydrogen) atoms. The molecule has 0 saturated heterocycles. The molecule has 0 aromatic carbocycles. The quantitative estimate of drug-likeness (QED) is 0.687. The van der Waals surface area contributed by atoms with Crippen molar-refractivity contribution < 1.29 is 14.7 Å². The minimum absolute atomic E-state index is 0.186. The zero-order chi connectivity index (χ0) is 12.8. The van der Waals surface area contributed by atoms with E-state index in [4.69, 9.17) is 5.11 Å². The third-order valence-electron chi connectivity index (χ3n) is 3.36. The van der Waals surface area contributed by atoms with E-state index in [1.165, 1.54) is 0 Å². The predicted molar refractivity (Wildman–Crippen MR) is 64.8 cm³/mol. The first-order valence-corrected chi connectivity index (χ1v) is 6.34. The van der Waals surface area contributed by atoms with E-state index in [0.717, 1.165) is 25.7 Å². The Morgan fingerprint density at radius 3 is 2.59 bits per heavy atom. The average Bonchev–Trinajstić information content (AvgIpc) is 2.63. The van der Waals surface area contributed by atoms with Gasteiger partial charge in [-0.1, -0.05) is 26.7 Å². The molecule has 0 heterocycles. The summed E-state index contributed by atoms with van der Waals surface area (Å²) in [4.78, 5) is 22.5. The minimum atomic E-state index is -0.971. The van der Waals surface area contributed by atoms with E-state index in [0.29, 0.717) is 12.3 Å². The Morgan fingerprint density at radius 2 is 2.12 bits per heavy atom.